The number of aromatic amines is 1. The summed E-state index contributed by atoms with van der Waals surface area (Å²) in [5.74, 6) is -0.869. The summed E-state index contributed by atoms with van der Waals surface area (Å²) in [5.41, 5.74) is 1.07. The molecule has 2 atom stereocenters. The van der Waals surface area contributed by atoms with Gasteiger partial charge in [-0.05, 0) is 24.3 Å². The molecule has 6 nitrogen and oxygen atoms in total. The zero-order valence-electron chi connectivity index (χ0n) is 12.2. The molecule has 1 heterocycles. The van der Waals surface area contributed by atoms with Crippen LogP contribution in [0.15, 0.2) is 30.3 Å². The van der Waals surface area contributed by atoms with E-state index in [-0.39, 0.29) is 11.8 Å². The van der Waals surface area contributed by atoms with Gasteiger partial charge in [0, 0.05) is 5.92 Å². The average molecular weight is 288 g/mol. The van der Waals surface area contributed by atoms with Crippen LogP contribution in [0.25, 0.3) is 0 Å². The lowest BCUT2D eigenvalue weighted by atomic mass is 9.81. The van der Waals surface area contributed by atoms with Crippen LogP contribution < -0.4 is 0 Å². The van der Waals surface area contributed by atoms with Crippen molar-refractivity contribution in [3.63, 3.8) is 0 Å². The fourth-order valence-corrected chi connectivity index (χ4v) is 2.55. The molecule has 0 fully saturated rings. The van der Waals surface area contributed by atoms with Gasteiger partial charge >= 0.3 is 5.97 Å². The molecule has 0 aliphatic rings. The van der Waals surface area contributed by atoms with Gasteiger partial charge < -0.3 is 5.11 Å². The molecule has 1 aromatic carbocycles. The summed E-state index contributed by atoms with van der Waals surface area (Å²) in [4.78, 5) is 11.7. The minimum atomic E-state index is -0.811. The highest BCUT2D eigenvalue weighted by molar-refractivity contribution is 5.71. The number of nitrogens with zero attached hydrogens (tertiary/aromatic N) is 3. The SMILES string of the molecule is CC(C)CC(C(=O)O)C(Cc1ccccc1)c1nn[nH]n1. The Bertz CT molecular complexity index is 554. The topological polar surface area (TPSA) is 91.8 Å². The van der Waals surface area contributed by atoms with Crippen molar-refractivity contribution in [3.8, 4) is 0 Å². The van der Waals surface area contributed by atoms with Gasteiger partial charge in [0.05, 0.1) is 5.92 Å². The van der Waals surface area contributed by atoms with Gasteiger partial charge in [0.25, 0.3) is 0 Å². The number of carboxylic acid groups (broad SMARTS) is 1. The Labute approximate surface area is 123 Å². The molecule has 6 heteroatoms. The molecule has 1 aromatic heterocycles. The molecule has 0 saturated carbocycles. The second-order valence-corrected chi connectivity index (χ2v) is 5.64. The first-order valence-electron chi connectivity index (χ1n) is 7.08. The first kappa shape index (κ1) is 15.2. The van der Waals surface area contributed by atoms with E-state index < -0.39 is 11.9 Å². The number of carbonyl (C=O) groups is 1. The van der Waals surface area contributed by atoms with E-state index in [4.69, 9.17) is 0 Å². The normalized spacial score (nSPS) is 14.0. The van der Waals surface area contributed by atoms with E-state index in [0.717, 1.165) is 5.56 Å². The average Bonchev–Trinajstić information content (AvgIpc) is 2.97. The van der Waals surface area contributed by atoms with Gasteiger partial charge in [0.2, 0.25) is 0 Å². The quantitative estimate of drug-likeness (QED) is 0.815. The molecule has 0 amide bonds. The molecular formula is C15H20N4O2. The van der Waals surface area contributed by atoms with Crippen molar-refractivity contribution in [1.82, 2.24) is 20.6 Å². The maximum Gasteiger partial charge on any atom is 0.307 e. The van der Waals surface area contributed by atoms with Gasteiger partial charge in [0.15, 0.2) is 5.82 Å². The van der Waals surface area contributed by atoms with E-state index in [1.807, 2.05) is 44.2 Å². The lowest BCUT2D eigenvalue weighted by Gasteiger charge is -2.23. The highest BCUT2D eigenvalue weighted by atomic mass is 16.4. The van der Waals surface area contributed by atoms with Crippen LogP contribution in [0.5, 0.6) is 0 Å². The molecule has 2 unspecified atom stereocenters. The van der Waals surface area contributed by atoms with Crippen LogP contribution in [-0.2, 0) is 11.2 Å². The maximum atomic E-state index is 11.7. The van der Waals surface area contributed by atoms with E-state index in [2.05, 4.69) is 20.6 Å². The van der Waals surface area contributed by atoms with Crippen LogP contribution in [0, 0.1) is 11.8 Å². The zero-order valence-corrected chi connectivity index (χ0v) is 12.2. The van der Waals surface area contributed by atoms with Gasteiger partial charge in [-0.15, -0.1) is 10.2 Å². The summed E-state index contributed by atoms with van der Waals surface area (Å²) < 4.78 is 0. The molecule has 0 saturated heterocycles. The van der Waals surface area contributed by atoms with Gasteiger partial charge in [-0.3, -0.25) is 4.79 Å². The Morgan fingerprint density at radius 1 is 1.29 bits per heavy atom. The molecule has 0 radical (unpaired) electrons. The van der Waals surface area contributed by atoms with E-state index >= 15 is 0 Å². The van der Waals surface area contributed by atoms with Crippen molar-refractivity contribution < 1.29 is 9.90 Å². The Kier molecular flexibility index (Phi) is 5.03. The first-order chi connectivity index (χ1) is 10.1. The summed E-state index contributed by atoms with van der Waals surface area (Å²) in [6.45, 7) is 4.04. The van der Waals surface area contributed by atoms with E-state index in [0.29, 0.717) is 18.7 Å². The van der Waals surface area contributed by atoms with Crippen molar-refractivity contribution in [2.45, 2.75) is 32.6 Å². The maximum absolute atomic E-state index is 11.7. The lowest BCUT2D eigenvalue weighted by Crippen LogP contribution is -2.26. The molecule has 0 aliphatic carbocycles. The van der Waals surface area contributed by atoms with E-state index in [1.54, 1.807) is 0 Å². The third-order valence-corrected chi connectivity index (χ3v) is 3.52. The van der Waals surface area contributed by atoms with Crippen LogP contribution in [0.4, 0.5) is 0 Å². The number of nitrogens with one attached hydrogen (secondary N) is 1. The molecule has 21 heavy (non-hydrogen) atoms. The first-order valence-corrected chi connectivity index (χ1v) is 7.08. The van der Waals surface area contributed by atoms with Crippen molar-refractivity contribution >= 4 is 5.97 Å². The van der Waals surface area contributed by atoms with E-state index in [1.165, 1.54) is 0 Å². The summed E-state index contributed by atoms with van der Waals surface area (Å²) in [6.07, 6.45) is 1.17. The third kappa shape index (κ3) is 4.11. The predicted octanol–water partition coefficient (Wildman–Crippen LogP) is 2.27. The minimum Gasteiger partial charge on any atom is -0.481 e. The zero-order chi connectivity index (χ0) is 15.2. The molecule has 0 aliphatic heterocycles. The standard InChI is InChI=1S/C15H20N4O2/c1-10(2)8-13(15(20)21)12(14-16-18-19-17-14)9-11-6-4-3-5-7-11/h3-7,10,12-13H,8-9H2,1-2H3,(H,20,21)(H,16,17,18,19). The Morgan fingerprint density at radius 2 is 2.00 bits per heavy atom. The van der Waals surface area contributed by atoms with Crippen LogP contribution >= 0.6 is 0 Å². The van der Waals surface area contributed by atoms with Gasteiger partial charge in [-0.2, -0.15) is 5.21 Å². The number of hydrogen-bond donors (Lipinski definition) is 2. The number of benzene rings is 1. The van der Waals surface area contributed by atoms with Crippen LogP contribution in [0.1, 0.15) is 37.6 Å². The highest BCUT2D eigenvalue weighted by Gasteiger charge is 2.33. The van der Waals surface area contributed by atoms with Crippen LogP contribution in [0.3, 0.4) is 0 Å². The summed E-state index contributed by atoms with van der Waals surface area (Å²) in [5, 5.41) is 23.6. The predicted molar refractivity (Wildman–Crippen MR) is 77.6 cm³/mol. The second-order valence-electron chi connectivity index (χ2n) is 5.64. The summed E-state index contributed by atoms with van der Waals surface area (Å²) >= 11 is 0. The van der Waals surface area contributed by atoms with Crippen molar-refractivity contribution in [1.29, 1.82) is 0 Å². The second kappa shape index (κ2) is 6.97. The smallest absolute Gasteiger partial charge is 0.307 e. The van der Waals surface area contributed by atoms with Crippen molar-refractivity contribution in [2.75, 3.05) is 0 Å². The molecule has 0 spiro atoms. The fourth-order valence-electron chi connectivity index (χ4n) is 2.55. The van der Waals surface area contributed by atoms with Gasteiger partial charge in [0.1, 0.15) is 0 Å². The molecule has 2 aromatic rings. The van der Waals surface area contributed by atoms with Crippen LogP contribution in [-0.4, -0.2) is 31.7 Å². The number of aliphatic carboxylic acids is 1. The lowest BCUT2D eigenvalue weighted by molar-refractivity contribution is -0.143. The molecule has 2 N–H and O–H groups in total. The number of tetrazole rings is 1. The van der Waals surface area contributed by atoms with Crippen LogP contribution in [0.2, 0.25) is 0 Å². The number of aromatic nitrogens is 4. The van der Waals surface area contributed by atoms with E-state index in [9.17, 15) is 9.90 Å². The fraction of sp³-hybridized carbons (Fsp3) is 0.467. The molecule has 0 bridgehead atoms. The minimum absolute atomic E-state index is 0.286. The number of hydrogen-bond acceptors (Lipinski definition) is 4. The van der Waals surface area contributed by atoms with Gasteiger partial charge in [-0.25, -0.2) is 0 Å². The van der Waals surface area contributed by atoms with Gasteiger partial charge in [-0.1, -0.05) is 49.4 Å². The largest absolute Gasteiger partial charge is 0.481 e. The number of rotatable bonds is 7. The third-order valence-electron chi connectivity index (χ3n) is 3.52. The monoisotopic (exact) mass is 288 g/mol. The molecule has 2 rings (SSSR count). The molecule has 112 valence electrons. The number of H-pyrrole nitrogens is 1. The molecular weight excluding hydrogens is 268 g/mol. The summed E-state index contributed by atoms with van der Waals surface area (Å²) in [6, 6.07) is 9.81. The van der Waals surface area contributed by atoms with Crippen molar-refractivity contribution in [2.24, 2.45) is 11.8 Å². The highest BCUT2D eigenvalue weighted by Crippen LogP contribution is 2.31. The van der Waals surface area contributed by atoms with Crippen molar-refractivity contribution in [3.05, 3.63) is 41.7 Å². The Morgan fingerprint density at radius 3 is 2.52 bits per heavy atom. The Hall–Kier alpha value is -2.24. The Balaban J connectivity index is 2.28. The number of carboxylic acids is 1. The summed E-state index contributed by atoms with van der Waals surface area (Å²) in [7, 11) is 0.